The zero-order valence-corrected chi connectivity index (χ0v) is 11.5. The molecule has 3 nitrogen and oxygen atoms in total. The molecule has 1 aliphatic carbocycles. The highest BCUT2D eigenvalue weighted by atomic mass is 19.4. The standard InChI is InChI=1S/C15H18F3NO2/c16-15(17,18)10-6-7-12(19)11(8-10)13(14(20)21)9-4-2-1-3-5-9/h6-9,13H,1-5,19H2,(H,20,21). The molecule has 0 amide bonds. The normalized spacial score (nSPS) is 18.4. The van der Waals surface area contributed by atoms with E-state index in [1.165, 1.54) is 0 Å². The van der Waals surface area contributed by atoms with Crippen LogP contribution in [0.25, 0.3) is 0 Å². The van der Waals surface area contributed by atoms with Crippen LogP contribution < -0.4 is 5.73 Å². The Labute approximate surface area is 121 Å². The summed E-state index contributed by atoms with van der Waals surface area (Å²) in [5, 5.41) is 9.46. The summed E-state index contributed by atoms with van der Waals surface area (Å²) in [6.45, 7) is 0. The quantitative estimate of drug-likeness (QED) is 0.828. The van der Waals surface area contributed by atoms with Crippen LogP contribution in [0, 0.1) is 5.92 Å². The lowest BCUT2D eigenvalue weighted by Crippen LogP contribution is -2.25. The van der Waals surface area contributed by atoms with Crippen LogP contribution in [-0.4, -0.2) is 11.1 Å². The summed E-state index contributed by atoms with van der Waals surface area (Å²) < 4.78 is 38.5. The zero-order valence-electron chi connectivity index (χ0n) is 11.5. The highest BCUT2D eigenvalue weighted by molar-refractivity contribution is 5.79. The van der Waals surface area contributed by atoms with Gasteiger partial charge in [-0.25, -0.2) is 0 Å². The van der Waals surface area contributed by atoms with Gasteiger partial charge in [-0.2, -0.15) is 13.2 Å². The van der Waals surface area contributed by atoms with Crippen molar-refractivity contribution >= 4 is 11.7 Å². The number of rotatable bonds is 3. The van der Waals surface area contributed by atoms with Crippen molar-refractivity contribution in [2.24, 2.45) is 5.92 Å². The summed E-state index contributed by atoms with van der Waals surface area (Å²) in [6, 6.07) is 2.93. The molecule has 0 heterocycles. The minimum Gasteiger partial charge on any atom is -0.481 e. The molecule has 2 rings (SSSR count). The second kappa shape index (κ2) is 5.95. The Hall–Kier alpha value is -1.72. The van der Waals surface area contributed by atoms with Gasteiger partial charge in [0.15, 0.2) is 0 Å². The van der Waals surface area contributed by atoms with Gasteiger partial charge in [-0.3, -0.25) is 4.79 Å². The van der Waals surface area contributed by atoms with E-state index in [9.17, 15) is 23.1 Å². The van der Waals surface area contributed by atoms with Gasteiger partial charge in [-0.1, -0.05) is 19.3 Å². The molecule has 0 aromatic heterocycles. The Bertz CT molecular complexity index is 522. The van der Waals surface area contributed by atoms with Crippen molar-refractivity contribution in [2.45, 2.75) is 44.2 Å². The highest BCUT2D eigenvalue weighted by Gasteiger charge is 2.36. The third-order valence-electron chi connectivity index (χ3n) is 4.14. The molecule has 1 aromatic rings. The average molecular weight is 301 g/mol. The first kappa shape index (κ1) is 15.7. The maximum atomic E-state index is 12.8. The Kier molecular flexibility index (Phi) is 4.44. The van der Waals surface area contributed by atoms with Gasteiger partial charge < -0.3 is 10.8 Å². The number of nitrogens with two attached hydrogens (primary N) is 1. The van der Waals surface area contributed by atoms with E-state index in [-0.39, 0.29) is 17.2 Å². The van der Waals surface area contributed by atoms with E-state index in [0.717, 1.165) is 37.5 Å². The fourth-order valence-corrected chi connectivity index (χ4v) is 3.08. The fraction of sp³-hybridized carbons (Fsp3) is 0.533. The SMILES string of the molecule is Nc1ccc(C(F)(F)F)cc1C(C(=O)O)C1CCCCC1. The van der Waals surface area contributed by atoms with E-state index in [2.05, 4.69) is 0 Å². The van der Waals surface area contributed by atoms with Crippen LogP contribution in [0.5, 0.6) is 0 Å². The molecule has 1 aliphatic rings. The monoisotopic (exact) mass is 301 g/mol. The first-order valence-electron chi connectivity index (χ1n) is 7.00. The second-order valence-corrected chi connectivity index (χ2v) is 5.56. The number of carbonyl (C=O) groups is 1. The lowest BCUT2D eigenvalue weighted by molar-refractivity contribution is -0.141. The van der Waals surface area contributed by atoms with Crippen molar-refractivity contribution in [1.29, 1.82) is 0 Å². The van der Waals surface area contributed by atoms with E-state index in [1.54, 1.807) is 0 Å². The predicted molar refractivity (Wildman–Crippen MR) is 72.8 cm³/mol. The maximum absolute atomic E-state index is 12.8. The Morgan fingerprint density at radius 3 is 2.38 bits per heavy atom. The number of benzene rings is 1. The molecule has 1 atom stereocenters. The van der Waals surface area contributed by atoms with Crippen LogP contribution in [-0.2, 0) is 11.0 Å². The molecule has 6 heteroatoms. The molecule has 1 saturated carbocycles. The van der Waals surface area contributed by atoms with Gasteiger partial charge in [0.05, 0.1) is 11.5 Å². The predicted octanol–water partition coefficient (Wildman–Crippen LogP) is 4.04. The summed E-state index contributed by atoms with van der Waals surface area (Å²) >= 11 is 0. The first-order chi connectivity index (χ1) is 9.80. The minimum atomic E-state index is -4.50. The van der Waals surface area contributed by atoms with Crippen molar-refractivity contribution < 1.29 is 23.1 Å². The average Bonchev–Trinajstić information content (AvgIpc) is 2.40. The second-order valence-electron chi connectivity index (χ2n) is 5.56. The minimum absolute atomic E-state index is 0.0872. The number of nitrogen functional groups attached to an aromatic ring is 1. The molecule has 116 valence electrons. The lowest BCUT2D eigenvalue weighted by atomic mass is 9.76. The molecule has 3 N–H and O–H groups in total. The van der Waals surface area contributed by atoms with Gasteiger partial charge in [0.25, 0.3) is 0 Å². The zero-order chi connectivity index (χ0) is 15.6. The van der Waals surface area contributed by atoms with E-state index >= 15 is 0 Å². The molecule has 1 unspecified atom stereocenters. The highest BCUT2D eigenvalue weighted by Crippen LogP contribution is 2.40. The number of carboxylic acid groups (broad SMARTS) is 1. The molecule has 0 aliphatic heterocycles. The van der Waals surface area contributed by atoms with Gasteiger partial charge >= 0.3 is 12.1 Å². The van der Waals surface area contributed by atoms with Crippen LogP contribution >= 0.6 is 0 Å². The molecular formula is C15H18F3NO2. The van der Waals surface area contributed by atoms with Crippen LogP contribution in [0.15, 0.2) is 18.2 Å². The van der Waals surface area contributed by atoms with Crippen LogP contribution in [0.2, 0.25) is 0 Å². The third kappa shape index (κ3) is 3.49. The number of hydrogen-bond acceptors (Lipinski definition) is 2. The Morgan fingerprint density at radius 1 is 1.24 bits per heavy atom. The summed E-state index contributed by atoms with van der Waals surface area (Å²) in [5.41, 5.74) is 5.09. The molecule has 21 heavy (non-hydrogen) atoms. The fourth-order valence-electron chi connectivity index (χ4n) is 3.08. The number of alkyl halides is 3. The van der Waals surface area contributed by atoms with Gasteiger partial charge in [0.2, 0.25) is 0 Å². The molecule has 1 aromatic carbocycles. The van der Waals surface area contributed by atoms with Crippen LogP contribution in [0.3, 0.4) is 0 Å². The van der Waals surface area contributed by atoms with Crippen molar-refractivity contribution in [1.82, 2.24) is 0 Å². The van der Waals surface area contributed by atoms with Gasteiger partial charge in [-0.15, -0.1) is 0 Å². The van der Waals surface area contributed by atoms with Gasteiger partial charge in [-0.05, 0) is 42.5 Å². The van der Waals surface area contributed by atoms with E-state index < -0.39 is 23.6 Å². The summed E-state index contributed by atoms with van der Waals surface area (Å²) in [6.07, 6.45) is -0.209. The summed E-state index contributed by atoms with van der Waals surface area (Å²) in [4.78, 5) is 11.6. The van der Waals surface area contributed by atoms with E-state index in [4.69, 9.17) is 5.73 Å². The summed E-state index contributed by atoms with van der Waals surface area (Å²) in [5.74, 6) is -2.22. The smallest absolute Gasteiger partial charge is 0.416 e. The van der Waals surface area contributed by atoms with Gasteiger partial charge in [0.1, 0.15) is 0 Å². The molecule has 0 spiro atoms. The summed E-state index contributed by atoms with van der Waals surface area (Å²) in [7, 11) is 0. The number of carboxylic acids is 1. The van der Waals surface area contributed by atoms with Crippen molar-refractivity contribution in [2.75, 3.05) is 5.73 Å². The maximum Gasteiger partial charge on any atom is 0.416 e. The number of halogens is 3. The third-order valence-corrected chi connectivity index (χ3v) is 4.14. The number of aliphatic carboxylic acids is 1. The topological polar surface area (TPSA) is 63.3 Å². The number of hydrogen-bond donors (Lipinski definition) is 2. The molecule has 0 saturated heterocycles. The first-order valence-corrected chi connectivity index (χ1v) is 7.00. The van der Waals surface area contributed by atoms with Crippen molar-refractivity contribution in [3.63, 3.8) is 0 Å². The van der Waals surface area contributed by atoms with E-state index in [1.807, 2.05) is 0 Å². The number of anilines is 1. The Balaban J connectivity index is 2.42. The molecule has 0 radical (unpaired) electrons. The lowest BCUT2D eigenvalue weighted by Gasteiger charge is -2.28. The molecule has 0 bridgehead atoms. The van der Waals surface area contributed by atoms with Crippen molar-refractivity contribution in [3.8, 4) is 0 Å². The largest absolute Gasteiger partial charge is 0.481 e. The van der Waals surface area contributed by atoms with E-state index in [0.29, 0.717) is 12.8 Å². The van der Waals surface area contributed by atoms with Crippen LogP contribution in [0.1, 0.15) is 49.1 Å². The van der Waals surface area contributed by atoms with Crippen molar-refractivity contribution in [3.05, 3.63) is 29.3 Å². The molecular weight excluding hydrogens is 283 g/mol. The Morgan fingerprint density at radius 2 is 1.86 bits per heavy atom. The molecule has 1 fully saturated rings. The van der Waals surface area contributed by atoms with Crippen LogP contribution in [0.4, 0.5) is 18.9 Å². The van der Waals surface area contributed by atoms with Gasteiger partial charge in [0, 0.05) is 5.69 Å².